The van der Waals surface area contributed by atoms with Crippen molar-refractivity contribution < 1.29 is 14.3 Å². The van der Waals surface area contributed by atoms with Crippen LogP contribution in [0.5, 0.6) is 0 Å². The fourth-order valence-electron chi connectivity index (χ4n) is 1.92. The van der Waals surface area contributed by atoms with Crippen LogP contribution in [0.4, 0.5) is 4.79 Å². The van der Waals surface area contributed by atoms with Gasteiger partial charge in [0.05, 0.1) is 0 Å². The minimum atomic E-state index is -0.901. The Morgan fingerprint density at radius 1 is 1.29 bits per heavy atom. The van der Waals surface area contributed by atoms with E-state index in [0.717, 1.165) is 25.7 Å². The summed E-state index contributed by atoms with van der Waals surface area (Å²) in [5, 5.41) is 0. The number of hydrogen-bond donors (Lipinski definition) is 0. The molecule has 0 saturated heterocycles. The molecule has 1 atom stereocenters. The van der Waals surface area contributed by atoms with Gasteiger partial charge in [-0.25, -0.2) is 4.79 Å². The molecule has 0 aromatic carbocycles. The minimum Gasteiger partial charge on any atom is -0.443 e. The Bertz CT molecular complexity index is 221. The fraction of sp³-hybridized carbons (Fsp3) is 0.800. The molecule has 3 nitrogen and oxygen atoms in total. The van der Waals surface area contributed by atoms with E-state index in [2.05, 4.69) is 4.74 Å². The molecule has 0 radical (unpaired) electrons. The highest BCUT2D eigenvalue weighted by molar-refractivity contribution is 6.61. The van der Waals surface area contributed by atoms with Crippen LogP contribution in [0.3, 0.4) is 0 Å². The lowest BCUT2D eigenvalue weighted by Gasteiger charge is -2.22. The third kappa shape index (κ3) is 3.29. The third-order valence-corrected chi connectivity index (χ3v) is 2.77. The molecule has 0 spiro atoms. The molecule has 1 rings (SSSR count). The summed E-state index contributed by atoms with van der Waals surface area (Å²) in [6.45, 7) is 1.58. The zero-order valence-corrected chi connectivity index (χ0v) is 9.05. The summed E-state index contributed by atoms with van der Waals surface area (Å²) < 4.78 is 4.64. The van der Waals surface area contributed by atoms with Gasteiger partial charge in [-0.2, -0.15) is 0 Å². The number of hydrogen-bond acceptors (Lipinski definition) is 3. The summed E-state index contributed by atoms with van der Waals surface area (Å²) in [6, 6.07) is 0. The van der Waals surface area contributed by atoms with E-state index in [1.807, 2.05) is 0 Å². The zero-order chi connectivity index (χ0) is 10.6. The van der Waals surface area contributed by atoms with Gasteiger partial charge in [-0.05, 0) is 19.8 Å². The number of halogens is 1. The van der Waals surface area contributed by atoms with Crippen LogP contribution >= 0.6 is 11.6 Å². The second-order valence-corrected chi connectivity index (χ2v) is 4.04. The standard InChI is InChI=1S/C10H15ClO3/c1-7(14-10(11)13)9(12)8-5-3-2-4-6-8/h7-8H,2-6H2,1H3. The number of ketones is 1. The summed E-state index contributed by atoms with van der Waals surface area (Å²) in [7, 11) is 0. The monoisotopic (exact) mass is 218 g/mol. The first-order chi connectivity index (χ1) is 6.61. The molecule has 14 heavy (non-hydrogen) atoms. The van der Waals surface area contributed by atoms with Crippen LogP contribution in [0, 0.1) is 5.92 Å². The highest BCUT2D eigenvalue weighted by Crippen LogP contribution is 2.25. The van der Waals surface area contributed by atoms with Crippen molar-refractivity contribution >= 4 is 22.8 Å². The number of Topliss-reactive ketones (excluding diaryl/α,β-unsaturated/α-hetero) is 1. The Morgan fingerprint density at radius 3 is 2.36 bits per heavy atom. The number of carbonyl (C=O) groups excluding carboxylic acids is 2. The van der Waals surface area contributed by atoms with Crippen LogP contribution in [0.15, 0.2) is 0 Å². The Labute approximate surface area is 88.8 Å². The maximum absolute atomic E-state index is 11.7. The van der Waals surface area contributed by atoms with Crippen LogP contribution in [0.2, 0.25) is 0 Å². The third-order valence-electron chi connectivity index (χ3n) is 2.68. The molecule has 0 bridgehead atoms. The van der Waals surface area contributed by atoms with Crippen molar-refractivity contribution in [3.05, 3.63) is 0 Å². The molecule has 4 heteroatoms. The molecular formula is C10H15ClO3. The van der Waals surface area contributed by atoms with Crippen LogP contribution in [0.1, 0.15) is 39.0 Å². The van der Waals surface area contributed by atoms with E-state index in [1.54, 1.807) is 6.92 Å². The Balaban J connectivity index is 2.42. The molecule has 0 amide bonds. The molecule has 0 aliphatic heterocycles. The first kappa shape index (κ1) is 11.5. The summed E-state index contributed by atoms with van der Waals surface area (Å²) in [5.74, 6) is 0.0773. The van der Waals surface area contributed by atoms with Gasteiger partial charge >= 0.3 is 5.43 Å². The molecule has 0 heterocycles. The summed E-state index contributed by atoms with van der Waals surface area (Å²) in [4.78, 5) is 22.1. The predicted molar refractivity (Wildman–Crippen MR) is 53.4 cm³/mol. The first-order valence-electron chi connectivity index (χ1n) is 5.01. The van der Waals surface area contributed by atoms with E-state index in [4.69, 9.17) is 11.6 Å². The second kappa shape index (κ2) is 5.35. The fourth-order valence-corrected chi connectivity index (χ4v) is 2.05. The van der Waals surface area contributed by atoms with Crippen molar-refractivity contribution in [3.8, 4) is 0 Å². The van der Waals surface area contributed by atoms with Gasteiger partial charge in [-0.15, -0.1) is 0 Å². The topological polar surface area (TPSA) is 43.4 Å². The van der Waals surface area contributed by atoms with Crippen LogP contribution < -0.4 is 0 Å². The Kier molecular flexibility index (Phi) is 4.39. The van der Waals surface area contributed by atoms with Crippen molar-refractivity contribution in [2.75, 3.05) is 0 Å². The smallest absolute Gasteiger partial charge is 0.404 e. The minimum absolute atomic E-state index is 0.0127. The number of ether oxygens (including phenoxy) is 1. The molecule has 1 fully saturated rings. The molecule has 1 unspecified atom stereocenters. The maximum Gasteiger partial charge on any atom is 0.404 e. The van der Waals surface area contributed by atoms with Crippen molar-refractivity contribution in [1.29, 1.82) is 0 Å². The van der Waals surface area contributed by atoms with Crippen LogP contribution in [-0.2, 0) is 9.53 Å². The maximum atomic E-state index is 11.7. The van der Waals surface area contributed by atoms with Gasteiger partial charge in [0.1, 0.15) is 0 Å². The Morgan fingerprint density at radius 2 is 1.86 bits per heavy atom. The highest BCUT2D eigenvalue weighted by atomic mass is 35.5. The molecule has 80 valence electrons. The van der Waals surface area contributed by atoms with Gasteiger partial charge in [0.2, 0.25) is 0 Å². The SMILES string of the molecule is CC(OC(=O)Cl)C(=O)C1CCCCC1. The van der Waals surface area contributed by atoms with Crippen LogP contribution in [0.25, 0.3) is 0 Å². The van der Waals surface area contributed by atoms with E-state index in [0.29, 0.717) is 0 Å². The average molecular weight is 219 g/mol. The average Bonchev–Trinajstić information content (AvgIpc) is 2.17. The van der Waals surface area contributed by atoms with E-state index in [-0.39, 0.29) is 11.7 Å². The van der Waals surface area contributed by atoms with E-state index >= 15 is 0 Å². The lowest BCUT2D eigenvalue weighted by atomic mass is 9.85. The summed E-state index contributed by atoms with van der Waals surface area (Å²) in [5.41, 5.74) is -0.901. The molecular weight excluding hydrogens is 204 g/mol. The quantitative estimate of drug-likeness (QED) is 0.685. The molecule has 1 aliphatic carbocycles. The lowest BCUT2D eigenvalue weighted by Crippen LogP contribution is -2.30. The Hall–Kier alpha value is -0.570. The predicted octanol–water partition coefficient (Wildman–Crippen LogP) is 2.90. The van der Waals surface area contributed by atoms with Gasteiger partial charge in [-0.1, -0.05) is 19.3 Å². The van der Waals surface area contributed by atoms with Crippen molar-refractivity contribution in [3.63, 3.8) is 0 Å². The summed E-state index contributed by atoms with van der Waals surface area (Å²) in [6.07, 6.45) is 4.54. The molecule has 0 N–H and O–H groups in total. The van der Waals surface area contributed by atoms with E-state index in [1.165, 1.54) is 6.42 Å². The van der Waals surface area contributed by atoms with Gasteiger partial charge in [-0.3, -0.25) is 4.79 Å². The van der Waals surface area contributed by atoms with Gasteiger partial charge in [0.15, 0.2) is 11.9 Å². The molecule has 0 aromatic heterocycles. The van der Waals surface area contributed by atoms with Crippen molar-refractivity contribution in [2.45, 2.75) is 45.1 Å². The molecule has 1 aliphatic rings. The highest BCUT2D eigenvalue weighted by Gasteiger charge is 2.27. The molecule has 0 aromatic rings. The first-order valence-corrected chi connectivity index (χ1v) is 5.39. The van der Waals surface area contributed by atoms with Gasteiger partial charge in [0.25, 0.3) is 0 Å². The second-order valence-electron chi connectivity index (χ2n) is 3.74. The zero-order valence-electron chi connectivity index (χ0n) is 8.29. The summed E-state index contributed by atoms with van der Waals surface area (Å²) >= 11 is 5.04. The largest absolute Gasteiger partial charge is 0.443 e. The van der Waals surface area contributed by atoms with Crippen molar-refractivity contribution in [1.82, 2.24) is 0 Å². The van der Waals surface area contributed by atoms with Gasteiger partial charge < -0.3 is 4.74 Å². The van der Waals surface area contributed by atoms with Gasteiger partial charge in [0, 0.05) is 17.5 Å². The van der Waals surface area contributed by atoms with Crippen molar-refractivity contribution in [2.24, 2.45) is 5.92 Å². The number of rotatable bonds is 3. The van der Waals surface area contributed by atoms with Crippen LogP contribution in [-0.4, -0.2) is 17.3 Å². The van der Waals surface area contributed by atoms with E-state index in [9.17, 15) is 9.59 Å². The normalized spacial score (nSPS) is 20.1. The molecule has 1 saturated carbocycles. The lowest BCUT2D eigenvalue weighted by molar-refractivity contribution is -0.131. The number of carbonyl (C=O) groups is 2. The van der Waals surface area contributed by atoms with E-state index < -0.39 is 11.5 Å².